The summed E-state index contributed by atoms with van der Waals surface area (Å²) in [5, 5.41) is 5.86. The van der Waals surface area contributed by atoms with Gasteiger partial charge in [0.25, 0.3) is 15.9 Å². The molecular weight excluding hydrogens is 656 g/mol. The number of fused-ring (bicyclic) bond motifs is 1. The molecule has 0 spiro atoms. The first-order chi connectivity index (χ1) is 21.5. The van der Waals surface area contributed by atoms with E-state index in [0.717, 1.165) is 27.3 Å². The second-order valence-corrected chi connectivity index (χ2v) is 14.3. The molecule has 45 heavy (non-hydrogen) atoms. The quantitative estimate of drug-likeness (QED) is 0.157. The van der Waals surface area contributed by atoms with Gasteiger partial charge in [-0.15, -0.1) is 22.7 Å². The molecule has 1 aliphatic heterocycles. The third-order valence-corrected chi connectivity index (χ3v) is 11.2. The van der Waals surface area contributed by atoms with Gasteiger partial charge in [0.15, 0.2) is 6.61 Å². The van der Waals surface area contributed by atoms with Crippen molar-refractivity contribution in [1.29, 1.82) is 0 Å². The van der Waals surface area contributed by atoms with Gasteiger partial charge in [0.1, 0.15) is 9.22 Å². The van der Waals surface area contributed by atoms with E-state index in [1.165, 1.54) is 15.6 Å². The van der Waals surface area contributed by atoms with Crippen LogP contribution in [0, 0.1) is 0 Å². The number of amides is 1. The third-order valence-electron chi connectivity index (χ3n) is 6.95. The van der Waals surface area contributed by atoms with Crippen LogP contribution in [0.5, 0.6) is 0 Å². The first-order valence-corrected chi connectivity index (χ1v) is 17.1. The second kappa shape index (κ2) is 13.9. The Hall–Kier alpha value is -3.51. The molecule has 11 nitrogen and oxygen atoms in total. The molecule has 1 aromatic carbocycles. The number of H-pyrrole nitrogens is 1. The zero-order chi connectivity index (χ0) is 32.2. The van der Waals surface area contributed by atoms with Crippen LogP contribution in [0.25, 0.3) is 21.6 Å². The fourth-order valence-corrected chi connectivity index (χ4v) is 8.44. The van der Waals surface area contributed by atoms with Crippen LogP contribution in [0.1, 0.15) is 18.2 Å². The number of carbonyl (C=O) groups is 2. The largest absolute Gasteiger partial charge is 0.490 e. The van der Waals surface area contributed by atoms with Crippen LogP contribution in [0.3, 0.4) is 0 Å². The molecule has 4 heterocycles. The SMILES string of the molecule is CCOCCN(c1cccc2cc(-c3ncc(CN4CCC(NC(=O)COC(=O)C(F)(F)F)C4)s3)[nH]c12)S(=O)(=O)c1cccs1. The summed E-state index contributed by atoms with van der Waals surface area (Å²) in [6, 6.07) is 10.4. The van der Waals surface area contributed by atoms with Crippen molar-refractivity contribution in [3.8, 4) is 10.7 Å². The number of alkyl halides is 3. The molecule has 0 aliphatic carbocycles. The Kier molecular flexibility index (Phi) is 10.1. The lowest BCUT2D eigenvalue weighted by molar-refractivity contribution is -0.200. The maximum atomic E-state index is 13.6. The fourth-order valence-electron chi connectivity index (χ4n) is 4.95. The number of aromatic nitrogens is 2. The normalized spacial score (nSPS) is 15.9. The maximum Gasteiger partial charge on any atom is 0.490 e. The number of nitrogens with one attached hydrogen (secondary N) is 2. The molecule has 1 atom stereocenters. The van der Waals surface area contributed by atoms with Gasteiger partial charge in [-0.3, -0.25) is 14.0 Å². The number of rotatable bonds is 13. The number of ether oxygens (including phenoxy) is 2. The van der Waals surface area contributed by atoms with Crippen molar-refractivity contribution in [3.05, 3.63) is 52.9 Å². The maximum absolute atomic E-state index is 13.6. The number of halogens is 3. The highest BCUT2D eigenvalue weighted by Gasteiger charge is 2.41. The van der Waals surface area contributed by atoms with Crippen molar-refractivity contribution < 1.29 is 40.7 Å². The van der Waals surface area contributed by atoms with Gasteiger partial charge in [-0.05, 0) is 36.9 Å². The summed E-state index contributed by atoms with van der Waals surface area (Å²) in [6.07, 6.45) is -2.81. The van der Waals surface area contributed by atoms with Crippen molar-refractivity contribution in [2.75, 3.05) is 43.8 Å². The zero-order valence-corrected chi connectivity index (χ0v) is 26.5. The zero-order valence-electron chi connectivity index (χ0n) is 24.0. The number of likely N-dealkylation sites (tertiary alicyclic amines) is 1. The van der Waals surface area contributed by atoms with Gasteiger partial charge in [-0.1, -0.05) is 18.2 Å². The number of benzene rings is 1. The highest BCUT2D eigenvalue weighted by Crippen LogP contribution is 2.35. The Morgan fingerprint density at radius 1 is 1.24 bits per heavy atom. The molecule has 1 saturated heterocycles. The minimum atomic E-state index is -5.15. The van der Waals surface area contributed by atoms with E-state index in [9.17, 15) is 31.2 Å². The van der Waals surface area contributed by atoms with E-state index in [4.69, 9.17) is 4.74 Å². The number of thiophene rings is 1. The Balaban J connectivity index is 1.26. The minimum Gasteiger partial charge on any atom is -0.449 e. The Bertz CT molecular complexity index is 1740. The minimum absolute atomic E-state index is 0.138. The summed E-state index contributed by atoms with van der Waals surface area (Å²) in [7, 11) is -3.83. The number of sulfonamides is 1. The van der Waals surface area contributed by atoms with Crippen LogP contribution in [0.4, 0.5) is 18.9 Å². The highest BCUT2D eigenvalue weighted by atomic mass is 32.2. The van der Waals surface area contributed by atoms with Gasteiger partial charge in [-0.25, -0.2) is 18.2 Å². The summed E-state index contributed by atoms with van der Waals surface area (Å²) < 4.78 is 75.2. The number of nitrogens with zero attached hydrogens (tertiary/aromatic N) is 3. The van der Waals surface area contributed by atoms with Crippen LogP contribution in [-0.4, -0.2) is 86.8 Å². The van der Waals surface area contributed by atoms with E-state index >= 15 is 0 Å². The number of hydrogen-bond donors (Lipinski definition) is 2. The molecular formula is C28H30F3N5O6S3. The fraction of sp³-hybridized carbons (Fsp3) is 0.393. The number of anilines is 1. The van der Waals surface area contributed by atoms with Gasteiger partial charge in [0.2, 0.25) is 0 Å². The van der Waals surface area contributed by atoms with Crippen molar-refractivity contribution in [2.45, 2.75) is 36.3 Å². The van der Waals surface area contributed by atoms with Crippen molar-refractivity contribution in [1.82, 2.24) is 20.2 Å². The Labute approximate surface area is 265 Å². The van der Waals surface area contributed by atoms with Crippen LogP contribution in [0.2, 0.25) is 0 Å². The molecule has 0 bridgehead atoms. The topological polar surface area (TPSA) is 134 Å². The lowest BCUT2D eigenvalue weighted by Crippen LogP contribution is -2.40. The van der Waals surface area contributed by atoms with Crippen LogP contribution < -0.4 is 9.62 Å². The average molecular weight is 686 g/mol. The lowest BCUT2D eigenvalue weighted by Gasteiger charge is -2.24. The molecule has 5 rings (SSSR count). The van der Waals surface area contributed by atoms with Crippen molar-refractivity contribution in [3.63, 3.8) is 0 Å². The van der Waals surface area contributed by atoms with Crippen LogP contribution in [0.15, 0.2) is 52.2 Å². The van der Waals surface area contributed by atoms with E-state index in [-0.39, 0.29) is 23.4 Å². The Morgan fingerprint density at radius 3 is 2.80 bits per heavy atom. The van der Waals surface area contributed by atoms with E-state index in [0.29, 0.717) is 48.9 Å². The predicted molar refractivity (Wildman–Crippen MR) is 164 cm³/mol. The molecule has 3 aromatic heterocycles. The summed E-state index contributed by atoms with van der Waals surface area (Å²) >= 11 is 2.62. The number of carbonyl (C=O) groups excluding carboxylic acids is 2. The number of esters is 1. The third kappa shape index (κ3) is 7.84. The van der Waals surface area contributed by atoms with Gasteiger partial charge in [0, 0.05) is 48.7 Å². The molecule has 1 aliphatic rings. The first-order valence-electron chi connectivity index (χ1n) is 13.9. The van der Waals surface area contributed by atoms with E-state index in [1.807, 2.05) is 25.1 Å². The molecule has 2 N–H and O–H groups in total. The molecule has 1 fully saturated rings. The lowest BCUT2D eigenvalue weighted by atomic mass is 10.2. The smallest absolute Gasteiger partial charge is 0.449 e. The summed E-state index contributed by atoms with van der Waals surface area (Å²) in [5.74, 6) is -3.20. The molecule has 1 amide bonds. The standard InChI is InChI=1S/C28H30F3N5O6S3/c1-2-41-11-10-36(45(39,40)24-7-4-12-43-24)22-6-3-5-18-13-21(34-25(18)22)26-32-14-20(44-26)16-35-9-8-19(15-35)33-23(37)17-42-27(38)28(29,30)31/h3-7,12-14,19,34H,2,8-11,15-17H2,1H3,(H,33,37). The average Bonchev–Trinajstić information content (AvgIpc) is 3.81. The predicted octanol–water partition coefficient (Wildman–Crippen LogP) is 4.38. The molecule has 1 unspecified atom stereocenters. The van der Waals surface area contributed by atoms with Crippen LogP contribution in [-0.2, 0) is 35.6 Å². The van der Waals surface area contributed by atoms with Gasteiger partial charge in [-0.2, -0.15) is 13.2 Å². The molecule has 0 radical (unpaired) electrons. The molecule has 242 valence electrons. The van der Waals surface area contributed by atoms with Crippen LogP contribution >= 0.6 is 22.7 Å². The van der Waals surface area contributed by atoms with Gasteiger partial charge < -0.3 is 19.8 Å². The summed E-state index contributed by atoms with van der Waals surface area (Å²) in [5.41, 5.74) is 1.88. The second-order valence-electron chi connectivity index (χ2n) is 10.1. The molecule has 0 saturated carbocycles. The monoisotopic (exact) mass is 685 g/mol. The van der Waals surface area contributed by atoms with Gasteiger partial charge >= 0.3 is 12.1 Å². The number of para-hydroxylation sites is 1. The number of thiazole rings is 1. The highest BCUT2D eigenvalue weighted by molar-refractivity contribution is 7.94. The number of aromatic amines is 1. The van der Waals surface area contributed by atoms with Gasteiger partial charge in [0.05, 0.1) is 30.0 Å². The van der Waals surface area contributed by atoms with E-state index < -0.39 is 34.7 Å². The summed E-state index contributed by atoms with van der Waals surface area (Å²) in [4.78, 5) is 33.8. The number of hydrogen-bond acceptors (Lipinski definition) is 10. The van der Waals surface area contributed by atoms with E-state index in [2.05, 4.69) is 24.9 Å². The van der Waals surface area contributed by atoms with Crippen molar-refractivity contribution >= 4 is 61.2 Å². The first kappa shape index (κ1) is 32.9. The van der Waals surface area contributed by atoms with E-state index in [1.54, 1.807) is 29.8 Å². The molecule has 17 heteroatoms. The summed E-state index contributed by atoms with van der Waals surface area (Å²) in [6.45, 7) is 3.35. The molecule has 4 aromatic rings. The van der Waals surface area contributed by atoms with Crippen molar-refractivity contribution in [2.24, 2.45) is 0 Å². The Morgan fingerprint density at radius 2 is 2.07 bits per heavy atom.